The lowest BCUT2D eigenvalue weighted by atomic mass is 10.0. The van der Waals surface area contributed by atoms with Crippen LogP contribution < -0.4 is 4.90 Å². The summed E-state index contributed by atoms with van der Waals surface area (Å²) in [6, 6.07) is 68.3. The Balaban J connectivity index is 0.970. The molecular weight excluding hydrogens is 829 g/mol. The number of furan rings is 2. The van der Waals surface area contributed by atoms with Crippen molar-refractivity contribution in [1.82, 2.24) is 4.57 Å². The van der Waals surface area contributed by atoms with Crippen LogP contribution in [-0.2, 0) is 0 Å². The highest BCUT2D eigenvalue weighted by Gasteiger charge is 2.16. The number of allylic oxidation sites excluding steroid dienone is 7. The second-order valence-corrected chi connectivity index (χ2v) is 17.0. The summed E-state index contributed by atoms with van der Waals surface area (Å²) >= 11 is 0. The number of nitrogens with zero attached hydrogens (tertiary/aromatic N) is 2. The third-order valence-electron chi connectivity index (χ3n) is 13.0. The van der Waals surface area contributed by atoms with Gasteiger partial charge in [0, 0.05) is 66.5 Å². The highest BCUT2D eigenvalue weighted by Crippen LogP contribution is 2.38. The van der Waals surface area contributed by atoms with Crippen molar-refractivity contribution >= 4 is 93.8 Å². The standard InChI is InChI=1S/C64H44N2O2/c1-3-5-21-50(41-48-19-15-27-56-57-37-33-45-17-6-7-23-52(45)64(57)68-63(48)56)65(49-35-31-44(32-36-49)47-34-38-62-58(42-47)55-26-10-13-30-61(55)67-62)39-16-20-43(4-2)46-18-14-22-51(40-46)66-59-28-11-8-24-53(59)54-25-9-12-29-60(54)66/h3-42H,1-2H2/b21-5-,39-16+,43-20+,50-41-. The largest absolute Gasteiger partial charge is 0.456 e. The predicted octanol–water partition coefficient (Wildman–Crippen LogP) is 17.8. The van der Waals surface area contributed by atoms with Crippen LogP contribution in [0.1, 0.15) is 11.1 Å². The minimum Gasteiger partial charge on any atom is -0.456 e. The summed E-state index contributed by atoms with van der Waals surface area (Å²) in [4.78, 5) is 2.21. The van der Waals surface area contributed by atoms with Crippen LogP contribution >= 0.6 is 0 Å². The van der Waals surface area contributed by atoms with Crippen molar-refractivity contribution in [3.8, 4) is 16.8 Å². The average Bonchev–Trinajstić information content (AvgIpc) is 4.08. The molecule has 3 heterocycles. The SMILES string of the molecule is C=C/C=C\C(=C\c1cccc2c1oc1c3ccccc3ccc21)N(/C=C/C=C(\C=C)c1cccc(-n2c3ccccc3c3ccccc32)c1)c1ccc(-c2ccc3oc4ccccc4c3c2)cc1. The van der Waals surface area contributed by atoms with Crippen LogP contribution in [0, 0.1) is 0 Å². The summed E-state index contributed by atoms with van der Waals surface area (Å²) < 4.78 is 15.3. The number of fused-ring (bicyclic) bond motifs is 11. The number of aromatic nitrogens is 1. The Kier molecular flexibility index (Phi) is 10.1. The van der Waals surface area contributed by atoms with Gasteiger partial charge in [0.15, 0.2) is 0 Å². The van der Waals surface area contributed by atoms with E-state index in [0.717, 1.165) is 99.5 Å². The Bertz CT molecular complexity index is 4020. The molecule has 68 heavy (non-hydrogen) atoms. The van der Waals surface area contributed by atoms with Crippen LogP contribution in [0.15, 0.2) is 264 Å². The van der Waals surface area contributed by atoms with E-state index in [1.54, 1.807) is 0 Å². The van der Waals surface area contributed by atoms with Crippen LogP contribution in [0.4, 0.5) is 5.69 Å². The molecule has 0 atom stereocenters. The van der Waals surface area contributed by atoms with Crippen LogP contribution in [0.3, 0.4) is 0 Å². The summed E-state index contributed by atoms with van der Waals surface area (Å²) in [5.41, 5.74) is 14.1. The van der Waals surface area contributed by atoms with Crippen molar-refractivity contribution in [3.05, 3.63) is 267 Å². The topological polar surface area (TPSA) is 34.5 Å². The molecule has 0 amide bonds. The average molecular weight is 873 g/mol. The van der Waals surface area contributed by atoms with E-state index in [1.807, 2.05) is 30.4 Å². The summed E-state index contributed by atoms with van der Waals surface area (Å²) in [5.74, 6) is 0. The zero-order valence-corrected chi connectivity index (χ0v) is 37.2. The predicted molar refractivity (Wildman–Crippen MR) is 288 cm³/mol. The third-order valence-corrected chi connectivity index (χ3v) is 13.0. The summed E-state index contributed by atoms with van der Waals surface area (Å²) in [5, 5.41) is 9.08. The Morgan fingerprint density at radius 3 is 1.97 bits per heavy atom. The molecule has 12 rings (SSSR count). The highest BCUT2D eigenvalue weighted by atomic mass is 16.3. The second kappa shape index (κ2) is 17.0. The van der Waals surface area contributed by atoms with E-state index in [2.05, 4.69) is 235 Å². The molecule has 0 unspecified atom stereocenters. The van der Waals surface area contributed by atoms with E-state index < -0.39 is 0 Å². The molecule has 322 valence electrons. The molecule has 0 aliphatic heterocycles. The molecule has 0 aliphatic carbocycles. The molecule has 0 radical (unpaired) electrons. The van der Waals surface area contributed by atoms with Gasteiger partial charge in [0.25, 0.3) is 0 Å². The monoisotopic (exact) mass is 872 g/mol. The smallest absolute Gasteiger partial charge is 0.143 e. The minimum atomic E-state index is 0.835. The molecule has 0 fully saturated rings. The van der Waals surface area contributed by atoms with Gasteiger partial charge in [-0.1, -0.05) is 171 Å². The number of hydrogen-bond donors (Lipinski definition) is 0. The van der Waals surface area contributed by atoms with E-state index in [0.29, 0.717) is 0 Å². The van der Waals surface area contributed by atoms with Gasteiger partial charge in [0.2, 0.25) is 0 Å². The third kappa shape index (κ3) is 7.04. The summed E-state index contributed by atoms with van der Waals surface area (Å²) in [6.07, 6.45) is 16.3. The van der Waals surface area contributed by atoms with Crippen LogP contribution in [0.5, 0.6) is 0 Å². The van der Waals surface area contributed by atoms with Gasteiger partial charge in [-0.15, -0.1) is 0 Å². The lowest BCUT2D eigenvalue weighted by Gasteiger charge is -2.23. The van der Waals surface area contributed by atoms with Crippen molar-refractivity contribution < 1.29 is 8.83 Å². The van der Waals surface area contributed by atoms with Crippen molar-refractivity contribution in [2.45, 2.75) is 0 Å². The Morgan fingerprint density at radius 1 is 0.500 bits per heavy atom. The van der Waals surface area contributed by atoms with E-state index in [1.165, 1.54) is 21.8 Å². The maximum absolute atomic E-state index is 6.81. The molecule has 12 aromatic rings. The van der Waals surface area contributed by atoms with Crippen LogP contribution in [0.2, 0.25) is 0 Å². The van der Waals surface area contributed by atoms with Gasteiger partial charge in [-0.05, 0) is 107 Å². The van der Waals surface area contributed by atoms with Gasteiger partial charge in [-0.25, -0.2) is 0 Å². The van der Waals surface area contributed by atoms with Gasteiger partial charge in [-0.3, -0.25) is 0 Å². The van der Waals surface area contributed by atoms with Gasteiger partial charge >= 0.3 is 0 Å². The fraction of sp³-hybridized carbons (Fsp3) is 0. The molecule has 0 bridgehead atoms. The van der Waals surface area contributed by atoms with E-state index in [-0.39, 0.29) is 0 Å². The van der Waals surface area contributed by atoms with Crippen LogP contribution in [0.25, 0.3) is 105 Å². The molecule has 0 saturated carbocycles. The lowest BCUT2D eigenvalue weighted by molar-refractivity contribution is 0.669. The first-order valence-corrected chi connectivity index (χ1v) is 22.9. The molecule has 0 aliphatic rings. The molecule has 3 aromatic heterocycles. The Labute approximate surface area is 393 Å². The van der Waals surface area contributed by atoms with E-state index in [4.69, 9.17) is 8.83 Å². The molecule has 0 saturated heterocycles. The first kappa shape index (κ1) is 40.4. The number of rotatable bonds is 11. The highest BCUT2D eigenvalue weighted by molar-refractivity contribution is 6.16. The quantitative estimate of drug-likeness (QED) is 0.121. The molecule has 0 spiro atoms. The van der Waals surface area contributed by atoms with Crippen molar-refractivity contribution in [2.24, 2.45) is 0 Å². The van der Waals surface area contributed by atoms with E-state index in [9.17, 15) is 0 Å². The fourth-order valence-electron chi connectivity index (χ4n) is 9.77. The zero-order valence-electron chi connectivity index (χ0n) is 37.2. The first-order valence-electron chi connectivity index (χ1n) is 22.9. The molecule has 0 N–H and O–H groups in total. The molecule has 4 nitrogen and oxygen atoms in total. The minimum absolute atomic E-state index is 0.835. The maximum atomic E-state index is 6.81. The summed E-state index contributed by atoms with van der Waals surface area (Å²) in [6.45, 7) is 8.33. The first-order chi connectivity index (χ1) is 33.6. The maximum Gasteiger partial charge on any atom is 0.143 e. The molecule has 9 aromatic carbocycles. The number of para-hydroxylation sites is 4. The number of hydrogen-bond acceptors (Lipinski definition) is 3. The fourth-order valence-corrected chi connectivity index (χ4v) is 9.77. The van der Waals surface area contributed by atoms with Crippen molar-refractivity contribution in [2.75, 3.05) is 4.90 Å². The lowest BCUT2D eigenvalue weighted by Crippen LogP contribution is -2.14. The van der Waals surface area contributed by atoms with Gasteiger partial charge in [-0.2, -0.15) is 0 Å². The van der Waals surface area contributed by atoms with Gasteiger partial charge in [0.1, 0.15) is 22.3 Å². The van der Waals surface area contributed by atoms with Gasteiger partial charge < -0.3 is 18.3 Å². The van der Waals surface area contributed by atoms with Crippen molar-refractivity contribution in [1.29, 1.82) is 0 Å². The Hall–Kier alpha value is -9.12. The van der Waals surface area contributed by atoms with Crippen LogP contribution in [-0.4, -0.2) is 4.57 Å². The number of benzene rings is 9. The summed E-state index contributed by atoms with van der Waals surface area (Å²) in [7, 11) is 0. The molecule has 4 heteroatoms. The second-order valence-electron chi connectivity index (χ2n) is 17.0. The van der Waals surface area contributed by atoms with Crippen molar-refractivity contribution in [3.63, 3.8) is 0 Å². The van der Waals surface area contributed by atoms with E-state index >= 15 is 0 Å². The molecular formula is C64H44N2O2. The normalized spacial score (nSPS) is 12.6. The zero-order chi connectivity index (χ0) is 45.6. The Morgan fingerprint density at radius 2 is 1.18 bits per heavy atom. The van der Waals surface area contributed by atoms with Gasteiger partial charge in [0.05, 0.1) is 11.0 Å². The number of anilines is 1.